The molecule has 0 saturated heterocycles. The van der Waals surface area contributed by atoms with E-state index in [0.29, 0.717) is 29.1 Å². The molecule has 4 rings (SSSR count). The van der Waals surface area contributed by atoms with Gasteiger partial charge in [0.2, 0.25) is 0 Å². The summed E-state index contributed by atoms with van der Waals surface area (Å²) in [5.74, 6) is 1.44. The summed E-state index contributed by atoms with van der Waals surface area (Å²) in [6.45, 7) is 2.28. The van der Waals surface area contributed by atoms with Gasteiger partial charge < -0.3 is 4.74 Å². The lowest BCUT2D eigenvalue weighted by molar-refractivity contribution is 0.0735. The Bertz CT molecular complexity index is 1130. The van der Waals surface area contributed by atoms with Crippen LogP contribution in [0, 0.1) is 5.92 Å². The Morgan fingerprint density at radius 2 is 1.57 bits per heavy atom. The summed E-state index contributed by atoms with van der Waals surface area (Å²) in [5.41, 5.74) is 4.46. The molecule has 0 aliphatic heterocycles. The number of aldehydes is 1. The lowest BCUT2D eigenvalue weighted by atomic mass is 9.77. The molecule has 0 radical (unpaired) electrons. The minimum atomic E-state index is -0.466. The van der Waals surface area contributed by atoms with Crippen LogP contribution in [0.1, 0.15) is 90.5 Å². The highest BCUT2D eigenvalue weighted by atomic mass is 35.5. The molecule has 1 saturated carbocycles. The molecule has 0 spiro atoms. The lowest BCUT2D eigenvalue weighted by Gasteiger charge is -2.29. The number of rotatable bonds is 9. The molecule has 35 heavy (non-hydrogen) atoms. The molecule has 0 unspecified atom stereocenters. The number of benzene rings is 3. The van der Waals surface area contributed by atoms with Gasteiger partial charge in [-0.2, -0.15) is 0 Å². The van der Waals surface area contributed by atoms with Crippen LogP contribution in [0.5, 0.6) is 5.75 Å². The normalized spacial score (nSPS) is 17.7. The van der Waals surface area contributed by atoms with Crippen LogP contribution in [0.15, 0.2) is 66.7 Å². The van der Waals surface area contributed by atoms with Crippen LogP contribution in [0.4, 0.5) is 0 Å². The number of hydrogen-bond donors (Lipinski definition) is 0. The molecule has 0 amide bonds. The lowest BCUT2D eigenvalue weighted by Crippen LogP contribution is -2.13. The first-order chi connectivity index (χ1) is 17.1. The number of hydrogen-bond acceptors (Lipinski definition) is 3. The predicted octanol–water partition coefficient (Wildman–Crippen LogP) is 8.89. The van der Waals surface area contributed by atoms with E-state index in [1.54, 1.807) is 18.2 Å². The van der Waals surface area contributed by atoms with Crippen LogP contribution < -0.4 is 4.74 Å². The molecule has 182 valence electrons. The number of carbonyl (C=O) groups is 2. The molecule has 0 bridgehead atoms. The molecular formula is C31H33ClO3. The maximum atomic E-state index is 12.5. The van der Waals surface area contributed by atoms with Gasteiger partial charge in [-0.25, -0.2) is 4.79 Å². The number of ether oxygens (including phenoxy) is 1. The SMILES string of the molecule is CCCCC[C@H]1CC[C@H](c2ccc(-c3ccc(C(=O)Oc4ccc(C=O)c(Cl)c4)cc3)cc2)CC1. The predicted molar refractivity (Wildman–Crippen MR) is 143 cm³/mol. The Labute approximate surface area is 213 Å². The van der Waals surface area contributed by atoms with Crippen LogP contribution in [0.3, 0.4) is 0 Å². The monoisotopic (exact) mass is 488 g/mol. The summed E-state index contributed by atoms with van der Waals surface area (Å²) in [4.78, 5) is 23.4. The second-order valence-electron chi connectivity index (χ2n) is 9.60. The van der Waals surface area contributed by atoms with Crippen molar-refractivity contribution >= 4 is 23.9 Å². The van der Waals surface area contributed by atoms with Gasteiger partial charge in [0, 0.05) is 11.6 Å². The number of carbonyl (C=O) groups excluding carboxylic acids is 2. The fourth-order valence-electron chi connectivity index (χ4n) is 5.05. The van der Waals surface area contributed by atoms with Gasteiger partial charge in [0.15, 0.2) is 6.29 Å². The molecule has 3 aromatic carbocycles. The largest absolute Gasteiger partial charge is 0.423 e. The molecule has 0 aromatic heterocycles. The quantitative estimate of drug-likeness (QED) is 0.131. The third kappa shape index (κ3) is 6.61. The summed E-state index contributed by atoms with van der Waals surface area (Å²) in [7, 11) is 0. The van der Waals surface area contributed by atoms with Crippen molar-refractivity contribution in [3.8, 4) is 16.9 Å². The van der Waals surface area contributed by atoms with Crippen LogP contribution in [-0.4, -0.2) is 12.3 Å². The summed E-state index contributed by atoms with van der Waals surface area (Å²) in [6.07, 6.45) is 11.5. The van der Waals surface area contributed by atoms with Crippen molar-refractivity contribution < 1.29 is 14.3 Å². The first-order valence-electron chi connectivity index (χ1n) is 12.7. The van der Waals surface area contributed by atoms with Gasteiger partial charge in [0.1, 0.15) is 5.75 Å². The number of halogens is 1. The zero-order valence-corrected chi connectivity index (χ0v) is 21.1. The Hall–Kier alpha value is -2.91. The summed E-state index contributed by atoms with van der Waals surface area (Å²) in [5, 5.41) is 0.254. The highest BCUT2D eigenvalue weighted by molar-refractivity contribution is 6.33. The van der Waals surface area contributed by atoms with E-state index < -0.39 is 5.97 Å². The Balaban J connectivity index is 1.33. The molecule has 0 atom stereocenters. The van der Waals surface area contributed by atoms with Crippen molar-refractivity contribution in [2.24, 2.45) is 5.92 Å². The molecule has 3 nitrogen and oxygen atoms in total. The smallest absolute Gasteiger partial charge is 0.343 e. The highest BCUT2D eigenvalue weighted by Gasteiger charge is 2.22. The van der Waals surface area contributed by atoms with Crippen LogP contribution in [0.25, 0.3) is 11.1 Å². The van der Waals surface area contributed by atoms with E-state index in [2.05, 4.69) is 31.2 Å². The van der Waals surface area contributed by atoms with Crippen LogP contribution >= 0.6 is 11.6 Å². The van der Waals surface area contributed by atoms with Crippen molar-refractivity contribution in [1.29, 1.82) is 0 Å². The van der Waals surface area contributed by atoms with Crippen LogP contribution in [-0.2, 0) is 0 Å². The molecule has 4 heteroatoms. The molecule has 3 aromatic rings. The fourth-order valence-corrected chi connectivity index (χ4v) is 5.26. The van der Waals surface area contributed by atoms with Crippen molar-refractivity contribution in [2.75, 3.05) is 0 Å². The Kier molecular flexibility index (Phi) is 8.76. The van der Waals surface area contributed by atoms with E-state index in [0.717, 1.165) is 17.0 Å². The van der Waals surface area contributed by atoms with Gasteiger partial charge >= 0.3 is 5.97 Å². The van der Waals surface area contributed by atoms with E-state index in [9.17, 15) is 9.59 Å². The standard InChI is InChI=1S/C31H33ClO3/c1-2-3-4-5-22-6-8-23(9-7-22)24-10-12-25(13-11-24)26-14-16-27(17-15-26)31(34)35-29-19-18-28(21-33)30(32)20-29/h10-23H,2-9H2,1H3/t22-,23-. The zero-order valence-electron chi connectivity index (χ0n) is 20.3. The van der Waals surface area contributed by atoms with Gasteiger partial charge in [-0.05, 0) is 78.5 Å². The molecule has 0 N–H and O–H groups in total. The van der Waals surface area contributed by atoms with E-state index in [4.69, 9.17) is 16.3 Å². The maximum absolute atomic E-state index is 12.5. The second kappa shape index (κ2) is 12.2. The van der Waals surface area contributed by atoms with Crippen molar-refractivity contribution in [1.82, 2.24) is 0 Å². The van der Waals surface area contributed by atoms with Crippen LogP contribution in [0.2, 0.25) is 5.02 Å². The molecule has 1 aliphatic rings. The van der Waals surface area contributed by atoms with Gasteiger partial charge in [-0.15, -0.1) is 0 Å². The van der Waals surface area contributed by atoms with E-state index in [1.165, 1.54) is 69.1 Å². The highest BCUT2D eigenvalue weighted by Crippen LogP contribution is 2.38. The van der Waals surface area contributed by atoms with E-state index in [1.807, 2.05) is 12.1 Å². The van der Waals surface area contributed by atoms with Gasteiger partial charge in [-0.1, -0.05) is 80.6 Å². The van der Waals surface area contributed by atoms with Crippen molar-refractivity contribution in [3.05, 3.63) is 88.4 Å². The van der Waals surface area contributed by atoms with Gasteiger partial charge in [-0.3, -0.25) is 4.79 Å². The number of esters is 1. The van der Waals surface area contributed by atoms with Crippen molar-refractivity contribution in [2.45, 2.75) is 64.2 Å². The van der Waals surface area contributed by atoms with E-state index in [-0.39, 0.29) is 5.02 Å². The maximum Gasteiger partial charge on any atom is 0.343 e. The first kappa shape index (κ1) is 25.2. The first-order valence-corrected chi connectivity index (χ1v) is 13.1. The molecule has 1 aliphatic carbocycles. The molecule has 1 fully saturated rings. The fraction of sp³-hybridized carbons (Fsp3) is 0.355. The average Bonchev–Trinajstić information content (AvgIpc) is 2.90. The minimum Gasteiger partial charge on any atom is -0.423 e. The third-order valence-electron chi connectivity index (χ3n) is 7.21. The molecular weight excluding hydrogens is 456 g/mol. The average molecular weight is 489 g/mol. The topological polar surface area (TPSA) is 43.4 Å². The van der Waals surface area contributed by atoms with Gasteiger partial charge in [0.25, 0.3) is 0 Å². The summed E-state index contributed by atoms with van der Waals surface area (Å²) in [6, 6.07) is 20.9. The second-order valence-corrected chi connectivity index (χ2v) is 10.0. The Morgan fingerprint density at radius 3 is 2.17 bits per heavy atom. The third-order valence-corrected chi connectivity index (χ3v) is 7.54. The summed E-state index contributed by atoms with van der Waals surface area (Å²) >= 11 is 6.02. The minimum absolute atomic E-state index is 0.254. The van der Waals surface area contributed by atoms with Gasteiger partial charge in [0.05, 0.1) is 10.6 Å². The Morgan fingerprint density at radius 1 is 0.914 bits per heavy atom. The summed E-state index contributed by atoms with van der Waals surface area (Å²) < 4.78 is 5.40. The van der Waals surface area contributed by atoms with Crippen molar-refractivity contribution in [3.63, 3.8) is 0 Å². The zero-order chi connectivity index (χ0) is 24.6. The number of unbranched alkanes of at least 4 members (excludes halogenated alkanes) is 2. The van der Waals surface area contributed by atoms with E-state index >= 15 is 0 Å². The molecule has 0 heterocycles.